The molecule has 4 rings (SSSR count). The van der Waals surface area contributed by atoms with Gasteiger partial charge in [0.05, 0.1) is 18.7 Å². The number of halogens is 1. The van der Waals surface area contributed by atoms with Crippen LogP contribution in [-0.4, -0.2) is 23.9 Å². The van der Waals surface area contributed by atoms with Crippen molar-refractivity contribution in [3.63, 3.8) is 0 Å². The molecule has 1 fully saturated rings. The van der Waals surface area contributed by atoms with E-state index in [1.54, 1.807) is 49.6 Å². The van der Waals surface area contributed by atoms with Crippen LogP contribution >= 0.6 is 15.9 Å². The van der Waals surface area contributed by atoms with Crippen LogP contribution in [0.4, 0.5) is 5.69 Å². The number of aryl methyl sites for hydroxylation is 2. The highest BCUT2D eigenvalue weighted by molar-refractivity contribution is 9.10. The molecule has 1 unspecified atom stereocenters. The van der Waals surface area contributed by atoms with Crippen molar-refractivity contribution in [2.75, 3.05) is 12.0 Å². The summed E-state index contributed by atoms with van der Waals surface area (Å²) in [5, 5.41) is 11.2. The number of nitrogens with zero attached hydrogens (tertiary/aromatic N) is 1. The zero-order chi connectivity index (χ0) is 23.0. The molecule has 1 saturated heterocycles. The van der Waals surface area contributed by atoms with E-state index in [0.29, 0.717) is 22.6 Å². The zero-order valence-corrected chi connectivity index (χ0v) is 19.5. The Labute approximate surface area is 195 Å². The minimum atomic E-state index is -0.797. The van der Waals surface area contributed by atoms with Crippen LogP contribution in [-0.2, 0) is 9.59 Å². The Balaban J connectivity index is 1.99. The lowest BCUT2D eigenvalue weighted by Gasteiger charge is -2.27. The number of methoxy groups -OCH3 is 1. The van der Waals surface area contributed by atoms with Crippen LogP contribution < -0.4 is 9.64 Å². The summed E-state index contributed by atoms with van der Waals surface area (Å²) in [5.41, 5.74) is 3.63. The lowest BCUT2D eigenvalue weighted by molar-refractivity contribution is -0.132. The van der Waals surface area contributed by atoms with Gasteiger partial charge < -0.3 is 9.84 Å². The summed E-state index contributed by atoms with van der Waals surface area (Å²) in [4.78, 5) is 28.0. The number of hydrogen-bond acceptors (Lipinski definition) is 4. The molecular formula is C26H22BrNO4. The molecule has 162 valence electrons. The number of rotatable bonds is 4. The fourth-order valence-electron chi connectivity index (χ4n) is 3.95. The second kappa shape index (κ2) is 8.63. The first kappa shape index (κ1) is 21.8. The Bertz CT molecular complexity index is 1250. The van der Waals surface area contributed by atoms with Gasteiger partial charge in [0.15, 0.2) is 0 Å². The first-order valence-corrected chi connectivity index (χ1v) is 10.9. The third-order valence-corrected chi connectivity index (χ3v) is 6.12. The molecule has 0 aliphatic carbocycles. The maximum Gasteiger partial charge on any atom is 0.300 e. The molecule has 0 bridgehead atoms. The van der Waals surface area contributed by atoms with Crippen LogP contribution in [0.5, 0.6) is 5.75 Å². The van der Waals surface area contributed by atoms with Crippen LogP contribution in [0.1, 0.15) is 28.3 Å². The smallest absolute Gasteiger partial charge is 0.300 e. The Morgan fingerprint density at radius 3 is 2.41 bits per heavy atom. The number of ether oxygens (including phenoxy) is 1. The van der Waals surface area contributed by atoms with Crippen molar-refractivity contribution in [1.29, 1.82) is 0 Å². The molecule has 5 nitrogen and oxygen atoms in total. The maximum atomic E-state index is 13.3. The predicted molar refractivity (Wildman–Crippen MR) is 128 cm³/mol. The summed E-state index contributed by atoms with van der Waals surface area (Å²) >= 11 is 3.38. The van der Waals surface area contributed by atoms with Crippen molar-refractivity contribution in [3.05, 3.63) is 99.0 Å². The van der Waals surface area contributed by atoms with Gasteiger partial charge in [-0.05, 0) is 60.9 Å². The summed E-state index contributed by atoms with van der Waals surface area (Å²) in [7, 11) is 1.56. The number of carbonyl (C=O) groups is 2. The van der Waals surface area contributed by atoms with Crippen molar-refractivity contribution < 1.29 is 19.4 Å². The summed E-state index contributed by atoms with van der Waals surface area (Å²) in [6.07, 6.45) is 0. The average molecular weight is 492 g/mol. The number of aliphatic hydroxyl groups is 1. The van der Waals surface area contributed by atoms with Gasteiger partial charge in [-0.3, -0.25) is 14.5 Å². The number of ketones is 1. The van der Waals surface area contributed by atoms with Gasteiger partial charge in [-0.15, -0.1) is 0 Å². The van der Waals surface area contributed by atoms with Gasteiger partial charge in [0.25, 0.3) is 11.7 Å². The van der Waals surface area contributed by atoms with Gasteiger partial charge in [-0.25, -0.2) is 0 Å². The fraction of sp³-hybridized carbons (Fsp3) is 0.154. The van der Waals surface area contributed by atoms with E-state index >= 15 is 0 Å². The Morgan fingerprint density at radius 2 is 1.72 bits per heavy atom. The van der Waals surface area contributed by atoms with E-state index in [0.717, 1.165) is 15.6 Å². The standard InChI is InChI=1S/C26H22BrNO4/c1-15-7-8-16(2)21(13-15)28-23(18-5-4-6-20(14-18)32-3)22(25(30)26(28)31)24(29)17-9-11-19(27)12-10-17/h4-14,23,29H,1-3H3/b24-22+. The normalized spacial score (nSPS) is 17.6. The molecule has 1 aliphatic heterocycles. The van der Waals surface area contributed by atoms with Crippen molar-refractivity contribution in [2.45, 2.75) is 19.9 Å². The van der Waals surface area contributed by atoms with E-state index in [1.165, 1.54) is 4.90 Å². The largest absolute Gasteiger partial charge is 0.507 e. The molecule has 1 aliphatic rings. The number of aliphatic hydroxyl groups excluding tert-OH is 1. The fourth-order valence-corrected chi connectivity index (χ4v) is 4.21. The molecule has 0 aromatic heterocycles. The van der Waals surface area contributed by atoms with E-state index in [9.17, 15) is 14.7 Å². The molecule has 0 radical (unpaired) electrons. The topological polar surface area (TPSA) is 66.8 Å². The van der Waals surface area contributed by atoms with Crippen molar-refractivity contribution in [3.8, 4) is 5.75 Å². The summed E-state index contributed by atoms with van der Waals surface area (Å²) in [6, 6.07) is 19.1. The van der Waals surface area contributed by atoms with E-state index in [4.69, 9.17) is 4.74 Å². The summed E-state index contributed by atoms with van der Waals surface area (Å²) in [6.45, 7) is 3.83. The Morgan fingerprint density at radius 1 is 1.00 bits per heavy atom. The highest BCUT2D eigenvalue weighted by Crippen LogP contribution is 2.44. The van der Waals surface area contributed by atoms with Gasteiger partial charge in [0, 0.05) is 15.7 Å². The maximum absolute atomic E-state index is 13.3. The van der Waals surface area contributed by atoms with Gasteiger partial charge in [0.1, 0.15) is 11.5 Å². The van der Waals surface area contributed by atoms with E-state index in [1.807, 2.05) is 38.1 Å². The predicted octanol–water partition coefficient (Wildman–Crippen LogP) is 5.70. The number of Topliss-reactive ketones (excluding diaryl/α,β-unsaturated/α-hetero) is 1. The highest BCUT2D eigenvalue weighted by atomic mass is 79.9. The van der Waals surface area contributed by atoms with Crippen LogP contribution in [0.25, 0.3) is 5.76 Å². The molecule has 1 atom stereocenters. The molecule has 3 aromatic carbocycles. The molecule has 32 heavy (non-hydrogen) atoms. The SMILES string of the molecule is COc1cccc(C2/C(=C(\O)c3ccc(Br)cc3)C(=O)C(=O)N2c2cc(C)ccc2C)c1. The molecule has 1 amide bonds. The second-order valence-electron chi connectivity index (χ2n) is 7.74. The van der Waals surface area contributed by atoms with Crippen LogP contribution in [0, 0.1) is 13.8 Å². The molecular weight excluding hydrogens is 470 g/mol. The quantitative estimate of drug-likeness (QED) is 0.288. The molecule has 0 spiro atoms. The number of amides is 1. The minimum Gasteiger partial charge on any atom is -0.507 e. The lowest BCUT2D eigenvalue weighted by Crippen LogP contribution is -2.30. The number of benzene rings is 3. The van der Waals surface area contributed by atoms with E-state index in [-0.39, 0.29) is 11.3 Å². The van der Waals surface area contributed by atoms with Gasteiger partial charge in [-0.2, -0.15) is 0 Å². The van der Waals surface area contributed by atoms with Crippen molar-refractivity contribution in [2.24, 2.45) is 0 Å². The molecule has 6 heteroatoms. The number of anilines is 1. The first-order chi connectivity index (χ1) is 15.3. The molecule has 1 N–H and O–H groups in total. The highest BCUT2D eigenvalue weighted by Gasteiger charge is 2.47. The third kappa shape index (κ3) is 3.82. The first-order valence-electron chi connectivity index (χ1n) is 10.1. The van der Waals surface area contributed by atoms with Gasteiger partial charge in [-0.1, -0.05) is 52.3 Å². The summed E-state index contributed by atoms with van der Waals surface area (Å²) < 4.78 is 6.22. The Kier molecular flexibility index (Phi) is 5.89. The molecule has 0 saturated carbocycles. The van der Waals surface area contributed by atoms with Crippen LogP contribution in [0.3, 0.4) is 0 Å². The van der Waals surface area contributed by atoms with Gasteiger partial charge >= 0.3 is 0 Å². The lowest BCUT2D eigenvalue weighted by atomic mass is 9.94. The summed E-state index contributed by atoms with van der Waals surface area (Å²) in [5.74, 6) is -1.02. The number of carbonyl (C=O) groups excluding carboxylic acids is 2. The minimum absolute atomic E-state index is 0.0477. The monoisotopic (exact) mass is 491 g/mol. The van der Waals surface area contributed by atoms with Crippen LogP contribution in [0.2, 0.25) is 0 Å². The van der Waals surface area contributed by atoms with Crippen molar-refractivity contribution in [1.82, 2.24) is 0 Å². The van der Waals surface area contributed by atoms with Gasteiger partial charge in [0.2, 0.25) is 0 Å². The molecule has 1 heterocycles. The van der Waals surface area contributed by atoms with E-state index < -0.39 is 17.7 Å². The van der Waals surface area contributed by atoms with Crippen molar-refractivity contribution >= 4 is 39.1 Å². The average Bonchev–Trinajstić information content (AvgIpc) is 3.06. The van der Waals surface area contributed by atoms with E-state index in [2.05, 4.69) is 15.9 Å². The Hall–Kier alpha value is -3.38. The third-order valence-electron chi connectivity index (χ3n) is 5.60. The number of hydrogen-bond donors (Lipinski definition) is 1. The zero-order valence-electron chi connectivity index (χ0n) is 17.9. The van der Waals surface area contributed by atoms with Crippen LogP contribution in [0.15, 0.2) is 76.8 Å². The second-order valence-corrected chi connectivity index (χ2v) is 8.66. The molecule has 3 aromatic rings.